The van der Waals surface area contributed by atoms with Gasteiger partial charge in [-0.2, -0.15) is 13.2 Å². The van der Waals surface area contributed by atoms with E-state index in [1.165, 1.54) is 58.9 Å². The number of amides is 1. The van der Waals surface area contributed by atoms with Crippen molar-refractivity contribution >= 4 is 50.6 Å². The van der Waals surface area contributed by atoms with Crippen LogP contribution in [0.25, 0.3) is 0 Å². The monoisotopic (exact) mass is 594 g/mol. The van der Waals surface area contributed by atoms with Gasteiger partial charge in [-0.15, -0.1) is 11.8 Å². The summed E-state index contributed by atoms with van der Waals surface area (Å²) in [6.45, 7) is -0.317. The summed E-state index contributed by atoms with van der Waals surface area (Å²) in [6.07, 6.45) is -0.994. The molecule has 1 aromatic heterocycles. The minimum atomic E-state index is -4.59. The molecule has 2 aliphatic carbocycles. The number of rotatable bonds is 4. The summed E-state index contributed by atoms with van der Waals surface area (Å²) in [7, 11) is 0. The number of thioether (sulfide) groups is 1. The first kappa shape index (κ1) is 24.3. The van der Waals surface area contributed by atoms with Crippen LogP contribution in [0.3, 0.4) is 0 Å². The molecule has 10 heteroatoms. The number of fused-ring (bicyclic) bond motifs is 6. The molecule has 3 aliphatic rings. The number of aromatic nitrogens is 1. The number of alkyl halides is 3. The number of carbonyl (C=O) groups excluding carboxylic acids is 1. The van der Waals surface area contributed by atoms with Gasteiger partial charge in [0.15, 0.2) is 0 Å². The van der Waals surface area contributed by atoms with E-state index in [9.17, 15) is 22.8 Å². The maximum Gasteiger partial charge on any atom is 0.418 e. The molecular weight excluding hydrogens is 573 g/mol. The first-order valence-electron chi connectivity index (χ1n) is 11.8. The fourth-order valence-corrected chi connectivity index (χ4v) is 9.72. The molecule has 1 amide bonds. The minimum Gasteiger partial charge on any atom is -0.324 e. The van der Waals surface area contributed by atoms with Crippen molar-refractivity contribution in [2.45, 2.75) is 48.2 Å². The number of benzene rings is 2. The van der Waals surface area contributed by atoms with Crippen molar-refractivity contribution in [1.82, 2.24) is 4.57 Å². The molecule has 1 aliphatic heterocycles. The van der Waals surface area contributed by atoms with E-state index in [0.717, 1.165) is 20.4 Å². The highest BCUT2D eigenvalue weighted by molar-refractivity contribution is 9.10. The maximum absolute atomic E-state index is 13.4. The summed E-state index contributed by atoms with van der Waals surface area (Å²) in [5.41, 5.74) is -0.0486. The lowest BCUT2D eigenvalue weighted by atomic mass is 9.75. The highest BCUT2D eigenvalue weighted by Gasteiger charge is 2.55. The Hall–Kier alpha value is -2.04. The second-order valence-corrected chi connectivity index (χ2v) is 12.8. The number of anilines is 1. The van der Waals surface area contributed by atoms with E-state index in [0.29, 0.717) is 23.0 Å². The zero-order chi connectivity index (χ0) is 25.2. The van der Waals surface area contributed by atoms with E-state index >= 15 is 0 Å². The average molecular weight is 596 g/mol. The van der Waals surface area contributed by atoms with Crippen LogP contribution in [0, 0.1) is 17.8 Å². The zero-order valence-electron chi connectivity index (χ0n) is 18.9. The Labute approximate surface area is 222 Å². The third-order valence-electron chi connectivity index (χ3n) is 7.73. The van der Waals surface area contributed by atoms with Crippen molar-refractivity contribution in [2.24, 2.45) is 17.8 Å². The molecule has 36 heavy (non-hydrogen) atoms. The molecule has 1 N–H and O–H groups in total. The molecule has 0 unspecified atom stereocenters. The predicted molar refractivity (Wildman–Crippen MR) is 139 cm³/mol. The molecule has 2 bridgehead atoms. The van der Waals surface area contributed by atoms with Gasteiger partial charge in [-0.1, -0.05) is 51.5 Å². The summed E-state index contributed by atoms with van der Waals surface area (Å²) in [5.74, 6) is 1.10. The Balaban J connectivity index is 1.35. The van der Waals surface area contributed by atoms with Crippen molar-refractivity contribution in [3.8, 4) is 0 Å². The fraction of sp³-hybridized carbons (Fsp3) is 0.385. The molecule has 188 valence electrons. The predicted octanol–water partition coefficient (Wildman–Crippen LogP) is 6.98. The largest absolute Gasteiger partial charge is 0.418 e. The molecule has 0 radical (unpaired) electrons. The van der Waals surface area contributed by atoms with Gasteiger partial charge in [0.2, 0.25) is 5.91 Å². The Morgan fingerprint density at radius 1 is 1.08 bits per heavy atom. The summed E-state index contributed by atoms with van der Waals surface area (Å²) in [6, 6.07) is 13.1. The molecule has 0 spiro atoms. The normalized spacial score (nSPS) is 26.5. The van der Waals surface area contributed by atoms with E-state index in [2.05, 4.69) is 33.4 Å². The third kappa shape index (κ3) is 4.15. The molecule has 4 nitrogen and oxygen atoms in total. The number of thiazole rings is 1. The van der Waals surface area contributed by atoms with Crippen LogP contribution in [-0.4, -0.2) is 15.7 Å². The summed E-state index contributed by atoms with van der Waals surface area (Å²) < 4.78 is 42.6. The lowest BCUT2D eigenvalue weighted by Crippen LogP contribution is -2.34. The smallest absolute Gasteiger partial charge is 0.324 e. The average Bonchev–Trinajstić information content (AvgIpc) is 3.52. The lowest BCUT2D eigenvalue weighted by Gasteiger charge is -2.40. The number of nitrogens with one attached hydrogen (secondary N) is 1. The molecule has 2 saturated carbocycles. The Morgan fingerprint density at radius 3 is 2.56 bits per heavy atom. The van der Waals surface area contributed by atoms with E-state index in [1.807, 2.05) is 12.1 Å². The van der Waals surface area contributed by atoms with Gasteiger partial charge in [-0.05, 0) is 66.8 Å². The second kappa shape index (κ2) is 9.06. The van der Waals surface area contributed by atoms with Crippen molar-refractivity contribution in [1.29, 1.82) is 0 Å². The van der Waals surface area contributed by atoms with Crippen LogP contribution >= 0.6 is 39.0 Å². The Bertz CT molecular complexity index is 1390. The van der Waals surface area contributed by atoms with E-state index < -0.39 is 17.6 Å². The van der Waals surface area contributed by atoms with Crippen molar-refractivity contribution in [2.75, 3.05) is 5.32 Å². The standard InChI is InChI=1S/C26H22BrF3N2O2S2/c27-16-9-7-13(8-10-16)20-21-14-5-6-15(11-14)22(21)35-24-23(20)36-25(34)32(24)12-19(33)31-18-4-2-1-3-17(18)26(28,29)30/h1-4,7-10,14-15,20-22H,5-6,11-12H2,(H,31,33)/t14-,15-,20-,21-,22+/m0/s1. The Kier molecular flexibility index (Phi) is 6.12. The lowest BCUT2D eigenvalue weighted by molar-refractivity contribution is -0.137. The van der Waals surface area contributed by atoms with E-state index in [1.54, 1.807) is 11.8 Å². The second-order valence-electron chi connectivity index (χ2n) is 9.74. The number of para-hydroxylation sites is 1. The van der Waals surface area contributed by atoms with Gasteiger partial charge >= 0.3 is 11.0 Å². The van der Waals surface area contributed by atoms with E-state index in [4.69, 9.17) is 0 Å². The van der Waals surface area contributed by atoms with Crippen molar-refractivity contribution < 1.29 is 18.0 Å². The van der Waals surface area contributed by atoms with Gasteiger partial charge in [0.1, 0.15) is 6.54 Å². The fourth-order valence-electron chi connectivity index (χ4n) is 6.30. The molecule has 2 fully saturated rings. The summed E-state index contributed by atoms with van der Waals surface area (Å²) in [5, 5.41) is 3.55. The van der Waals surface area contributed by atoms with Crippen LogP contribution in [0.15, 0.2) is 62.8 Å². The molecule has 3 aromatic rings. The number of carbonyl (C=O) groups is 1. The molecular formula is C26H22BrF3N2O2S2. The van der Waals surface area contributed by atoms with Crippen LogP contribution in [0.1, 0.15) is 41.2 Å². The number of hydrogen-bond donors (Lipinski definition) is 1. The summed E-state index contributed by atoms with van der Waals surface area (Å²) in [4.78, 5) is 26.8. The van der Waals surface area contributed by atoms with Gasteiger partial charge in [-0.3, -0.25) is 14.2 Å². The molecule has 2 heterocycles. The highest BCUT2D eigenvalue weighted by Crippen LogP contribution is 2.64. The third-order valence-corrected chi connectivity index (χ3v) is 11.1. The molecule has 6 rings (SSSR count). The zero-order valence-corrected chi connectivity index (χ0v) is 22.1. The number of hydrogen-bond acceptors (Lipinski definition) is 4. The SMILES string of the molecule is O=C(Cn1c2c(sc1=O)[C@@H](c1ccc(Br)cc1)[C@@H]1[C@H]3CC[C@@H](C3)[C@H]1S2)Nc1ccccc1C(F)(F)F. The topological polar surface area (TPSA) is 51.1 Å². The Morgan fingerprint density at radius 2 is 1.81 bits per heavy atom. The molecule has 2 aromatic carbocycles. The number of nitrogens with zero attached hydrogens (tertiary/aromatic N) is 1. The van der Waals surface area contributed by atoms with Crippen LogP contribution in [0.4, 0.5) is 18.9 Å². The van der Waals surface area contributed by atoms with Gasteiger partial charge in [-0.25, -0.2) is 0 Å². The maximum atomic E-state index is 13.4. The van der Waals surface area contributed by atoms with Crippen LogP contribution in [-0.2, 0) is 17.5 Å². The first-order chi connectivity index (χ1) is 17.2. The van der Waals surface area contributed by atoms with Gasteiger partial charge in [0.05, 0.1) is 16.3 Å². The van der Waals surface area contributed by atoms with Gasteiger partial charge < -0.3 is 5.32 Å². The molecule has 0 saturated heterocycles. The molecule has 5 atom stereocenters. The highest BCUT2D eigenvalue weighted by atomic mass is 79.9. The summed E-state index contributed by atoms with van der Waals surface area (Å²) >= 11 is 6.38. The number of halogens is 4. The van der Waals surface area contributed by atoms with Crippen molar-refractivity contribution in [3.05, 3.63) is 78.7 Å². The van der Waals surface area contributed by atoms with Crippen molar-refractivity contribution in [3.63, 3.8) is 0 Å². The minimum absolute atomic E-state index is 0.0858. The van der Waals surface area contributed by atoms with Crippen LogP contribution in [0.2, 0.25) is 0 Å². The van der Waals surface area contributed by atoms with Gasteiger partial charge in [0, 0.05) is 20.5 Å². The van der Waals surface area contributed by atoms with Crippen LogP contribution in [0.5, 0.6) is 0 Å². The quantitative estimate of drug-likeness (QED) is 0.354. The van der Waals surface area contributed by atoms with Gasteiger partial charge in [0.25, 0.3) is 0 Å². The van der Waals surface area contributed by atoms with Crippen LogP contribution < -0.4 is 10.2 Å². The first-order valence-corrected chi connectivity index (χ1v) is 14.3. The van der Waals surface area contributed by atoms with E-state index in [-0.39, 0.29) is 23.0 Å².